The molecule has 3 heterocycles. The first-order chi connectivity index (χ1) is 27.9. The zero-order valence-electron chi connectivity index (χ0n) is 30.8. The van der Waals surface area contributed by atoms with E-state index in [1.165, 1.54) is 12.7 Å². The summed E-state index contributed by atoms with van der Waals surface area (Å²) < 4.78 is 16.7. The van der Waals surface area contributed by atoms with Crippen molar-refractivity contribution in [3.8, 4) is 29.0 Å². The molecule has 0 atom stereocenters. The van der Waals surface area contributed by atoms with Gasteiger partial charge in [0.2, 0.25) is 11.6 Å². The predicted octanol–water partition coefficient (Wildman–Crippen LogP) is 8.88. The quantitative estimate of drug-likeness (QED) is 0.107. The number of hydrogen-bond donors (Lipinski definition) is 4. The van der Waals surface area contributed by atoms with E-state index >= 15 is 0 Å². The summed E-state index contributed by atoms with van der Waals surface area (Å²) in [6.07, 6.45) is 3.35. The van der Waals surface area contributed by atoms with Gasteiger partial charge in [0.15, 0.2) is 0 Å². The van der Waals surface area contributed by atoms with Crippen molar-refractivity contribution in [2.45, 2.75) is 33.1 Å². The maximum absolute atomic E-state index is 12.3. The Morgan fingerprint density at radius 3 is 1.66 bits per heavy atom. The number of Topliss-reactive ketones (excluding diaryl/α,β-unsaturated/α-hetero) is 1. The smallest absolute Gasteiger partial charge is 0.323 e. The molecule has 4 aromatic carbocycles. The van der Waals surface area contributed by atoms with E-state index in [0.717, 1.165) is 11.1 Å². The van der Waals surface area contributed by atoms with Crippen molar-refractivity contribution in [1.82, 2.24) is 19.9 Å². The Kier molecular flexibility index (Phi) is 11.7. The number of halogens is 2. The number of fused-ring (bicyclic) bond motifs is 2. The molecule has 0 fully saturated rings. The first-order valence-corrected chi connectivity index (χ1v) is 18.3. The van der Waals surface area contributed by atoms with E-state index < -0.39 is 18.0 Å². The van der Waals surface area contributed by atoms with Gasteiger partial charge in [0, 0.05) is 63.3 Å². The fourth-order valence-electron chi connectivity index (χ4n) is 5.80. The Hall–Kier alpha value is -7.10. The highest BCUT2D eigenvalue weighted by molar-refractivity contribution is 6.31. The van der Waals surface area contributed by atoms with Crippen molar-refractivity contribution >= 4 is 69.8 Å². The highest BCUT2D eigenvalue weighted by atomic mass is 35.5. The fourth-order valence-corrected chi connectivity index (χ4v) is 6.04. The first-order valence-electron chi connectivity index (χ1n) is 17.6. The molecule has 292 valence electrons. The minimum Gasteiger partial charge on any atom is -0.439 e. The Balaban J connectivity index is 0.000000177. The number of rotatable bonds is 8. The molecule has 15 nitrogen and oxygen atoms in total. The molecular formula is C41H32Cl2N8O7. The minimum absolute atomic E-state index is 0.0835. The van der Waals surface area contributed by atoms with Gasteiger partial charge in [0.25, 0.3) is 5.88 Å². The van der Waals surface area contributed by atoms with E-state index in [4.69, 9.17) is 37.4 Å². The van der Waals surface area contributed by atoms with Crippen LogP contribution in [0.5, 0.6) is 29.0 Å². The van der Waals surface area contributed by atoms with Crippen LogP contribution < -0.4 is 35.5 Å². The summed E-state index contributed by atoms with van der Waals surface area (Å²) in [6, 6.07) is 23.3. The van der Waals surface area contributed by atoms with Gasteiger partial charge in [-0.2, -0.15) is 4.98 Å². The fraction of sp³-hybridized carbons (Fsp3) is 0.122. The normalized spacial score (nSPS) is 12.3. The molecule has 2 aromatic heterocycles. The zero-order valence-corrected chi connectivity index (χ0v) is 32.3. The molecular weight excluding hydrogens is 787 g/mol. The summed E-state index contributed by atoms with van der Waals surface area (Å²) in [6.45, 7) is 3.72. The average molecular weight is 820 g/mol. The second-order valence-corrected chi connectivity index (χ2v) is 13.8. The number of carbonyl (C=O) groups excluding carboxylic acids is 4. The standard InChI is InChI=1S/C21H17ClN4O3.C20H15ClN4O4/c1-12-7-14(5-6-18(12)22)26-21(28)25-13-3-2-4-16(8-13)29-20-17-9-15(27)10-19(17)23-11-24-20;1-11-7-13(5-6-15(11)21)25-20(27)24-12-3-2-4-14(8-12)28-19-18-16(22-10-23-19)9-17(26)29-18/h2-8,11H,9-10H2,1H3,(H2,25,26,28);2-8,10H,9H2,1H3,(H2,24,25,27). The molecule has 4 N–H and O–H groups in total. The lowest BCUT2D eigenvalue weighted by Crippen LogP contribution is -2.19. The number of carbonyl (C=O) groups is 4. The van der Waals surface area contributed by atoms with Crippen molar-refractivity contribution in [1.29, 1.82) is 0 Å². The second kappa shape index (κ2) is 17.4. The van der Waals surface area contributed by atoms with Crippen LogP contribution in [0.2, 0.25) is 10.0 Å². The van der Waals surface area contributed by atoms with Gasteiger partial charge in [0.1, 0.15) is 35.6 Å². The van der Waals surface area contributed by atoms with Crippen molar-refractivity contribution in [3.05, 3.63) is 136 Å². The lowest BCUT2D eigenvalue weighted by atomic mass is 10.2. The Morgan fingerprint density at radius 1 is 0.603 bits per heavy atom. The van der Waals surface area contributed by atoms with E-state index in [0.29, 0.717) is 73.5 Å². The number of urea groups is 2. The van der Waals surface area contributed by atoms with E-state index in [-0.39, 0.29) is 30.3 Å². The minimum atomic E-state index is -0.416. The Bertz CT molecular complexity index is 2410. The molecule has 17 heteroatoms. The van der Waals surface area contributed by atoms with Crippen LogP contribution in [-0.4, -0.2) is 43.8 Å². The number of anilines is 4. The first kappa shape index (κ1) is 39.1. The monoisotopic (exact) mass is 818 g/mol. The number of ketones is 1. The van der Waals surface area contributed by atoms with Crippen LogP contribution in [0.1, 0.15) is 28.1 Å². The van der Waals surface area contributed by atoms with Crippen LogP contribution in [0.25, 0.3) is 0 Å². The molecule has 0 saturated carbocycles. The number of esters is 1. The molecule has 0 radical (unpaired) electrons. The van der Waals surface area contributed by atoms with Crippen molar-refractivity contribution in [3.63, 3.8) is 0 Å². The van der Waals surface area contributed by atoms with Gasteiger partial charge in [-0.25, -0.2) is 24.5 Å². The summed E-state index contributed by atoms with van der Waals surface area (Å²) in [4.78, 5) is 64.0. The van der Waals surface area contributed by atoms with Gasteiger partial charge < -0.3 is 35.5 Å². The molecule has 0 spiro atoms. The topological polar surface area (TPSA) is 196 Å². The average Bonchev–Trinajstić information content (AvgIpc) is 3.77. The van der Waals surface area contributed by atoms with Crippen LogP contribution in [0.15, 0.2) is 97.6 Å². The zero-order chi connectivity index (χ0) is 40.8. The number of nitrogens with one attached hydrogen (secondary N) is 4. The van der Waals surface area contributed by atoms with E-state index in [2.05, 4.69) is 41.2 Å². The van der Waals surface area contributed by atoms with Gasteiger partial charge >= 0.3 is 18.0 Å². The third-order valence-corrected chi connectivity index (χ3v) is 9.40. The number of benzene rings is 4. The summed E-state index contributed by atoms with van der Waals surface area (Å²) in [5, 5.41) is 12.3. The molecule has 4 amide bonds. The lowest BCUT2D eigenvalue weighted by molar-refractivity contribution is -0.132. The summed E-state index contributed by atoms with van der Waals surface area (Å²) in [5.41, 5.74) is 5.94. The van der Waals surface area contributed by atoms with Crippen LogP contribution >= 0.6 is 23.2 Å². The largest absolute Gasteiger partial charge is 0.439 e. The number of nitrogens with zero attached hydrogens (tertiary/aromatic N) is 4. The number of amides is 4. The molecule has 6 aromatic rings. The maximum atomic E-state index is 12.3. The molecule has 1 aliphatic heterocycles. The highest BCUT2D eigenvalue weighted by Crippen LogP contribution is 2.36. The third kappa shape index (κ3) is 9.82. The van der Waals surface area contributed by atoms with Gasteiger partial charge in [-0.15, -0.1) is 0 Å². The van der Waals surface area contributed by atoms with Gasteiger partial charge in [-0.3, -0.25) is 9.59 Å². The number of ether oxygens (including phenoxy) is 3. The van der Waals surface area contributed by atoms with Crippen molar-refractivity contribution in [2.75, 3.05) is 21.3 Å². The molecule has 2 aliphatic rings. The maximum Gasteiger partial charge on any atom is 0.323 e. The van der Waals surface area contributed by atoms with Crippen molar-refractivity contribution in [2.24, 2.45) is 0 Å². The van der Waals surface area contributed by atoms with Gasteiger partial charge in [-0.1, -0.05) is 35.3 Å². The number of aryl methyl sites for hydroxylation is 2. The van der Waals surface area contributed by atoms with Crippen LogP contribution in [0, 0.1) is 13.8 Å². The van der Waals surface area contributed by atoms with Crippen molar-refractivity contribution < 1.29 is 33.4 Å². The molecule has 8 rings (SSSR count). The molecule has 0 bridgehead atoms. The predicted molar refractivity (Wildman–Crippen MR) is 217 cm³/mol. The highest BCUT2D eigenvalue weighted by Gasteiger charge is 2.27. The van der Waals surface area contributed by atoms with E-state index in [9.17, 15) is 19.2 Å². The molecule has 58 heavy (non-hydrogen) atoms. The van der Waals surface area contributed by atoms with Gasteiger partial charge in [0.05, 0.1) is 12.1 Å². The Labute approximate surface area is 341 Å². The number of hydrogen-bond acceptors (Lipinski definition) is 11. The van der Waals surface area contributed by atoms with E-state index in [1.807, 2.05) is 13.8 Å². The van der Waals surface area contributed by atoms with Gasteiger partial charge in [-0.05, 0) is 85.6 Å². The molecule has 0 unspecified atom stereocenters. The number of aromatic nitrogens is 4. The van der Waals surface area contributed by atoms with Crippen LogP contribution in [0.4, 0.5) is 32.3 Å². The second-order valence-electron chi connectivity index (χ2n) is 12.9. The van der Waals surface area contributed by atoms with Crippen LogP contribution in [0.3, 0.4) is 0 Å². The Morgan fingerprint density at radius 2 is 1.10 bits per heavy atom. The SMILES string of the molecule is Cc1cc(NC(=O)Nc2cccc(Oc3ncnc4c3CC(=O)C4)c2)ccc1Cl.Cc1cc(NC(=O)Nc2cccc(Oc3ncnc4c3OC(=O)C4)c2)ccc1Cl. The lowest BCUT2D eigenvalue weighted by Gasteiger charge is -2.11. The van der Waals surface area contributed by atoms with Crippen LogP contribution in [-0.2, 0) is 28.9 Å². The third-order valence-electron chi connectivity index (χ3n) is 8.55. The molecule has 1 aliphatic carbocycles. The van der Waals surface area contributed by atoms with E-state index in [1.54, 1.807) is 84.9 Å². The summed E-state index contributed by atoms with van der Waals surface area (Å²) in [7, 11) is 0. The summed E-state index contributed by atoms with van der Waals surface area (Å²) in [5.74, 6) is 1.30. The molecule has 0 saturated heterocycles. The summed E-state index contributed by atoms with van der Waals surface area (Å²) >= 11 is 12.0.